The summed E-state index contributed by atoms with van der Waals surface area (Å²) in [5, 5.41) is 3.62. The molecule has 20 heavy (non-hydrogen) atoms. The van der Waals surface area contributed by atoms with Crippen LogP contribution in [0, 0.1) is 11.8 Å². The van der Waals surface area contributed by atoms with Crippen LogP contribution in [0.3, 0.4) is 0 Å². The smallest absolute Gasteiger partial charge is 0.239 e. The normalized spacial score (nSPS) is 34.8. The number of fused-ring (bicyclic) bond motifs is 1. The van der Waals surface area contributed by atoms with E-state index in [-0.39, 0.29) is 6.04 Å². The zero-order valence-corrected chi connectivity index (χ0v) is 12.9. The van der Waals surface area contributed by atoms with Gasteiger partial charge in [0.15, 0.2) is 0 Å². The third-order valence-corrected chi connectivity index (χ3v) is 5.79. The lowest BCUT2D eigenvalue weighted by Crippen LogP contribution is -2.45. The van der Waals surface area contributed by atoms with E-state index in [4.69, 9.17) is 0 Å². The summed E-state index contributed by atoms with van der Waals surface area (Å²) in [6, 6.07) is 0.734. The van der Waals surface area contributed by atoms with E-state index in [0.29, 0.717) is 11.9 Å². The molecule has 1 saturated heterocycles. The Morgan fingerprint density at radius 3 is 2.50 bits per heavy atom. The summed E-state index contributed by atoms with van der Waals surface area (Å²) in [7, 11) is 2.01. The lowest BCUT2D eigenvalue weighted by atomic mass is 9.85. The molecule has 1 heterocycles. The lowest BCUT2D eigenvalue weighted by Gasteiger charge is -2.29. The van der Waals surface area contributed by atoms with Crippen LogP contribution in [-0.2, 0) is 4.79 Å². The average molecular weight is 278 g/mol. The first-order valence-electron chi connectivity index (χ1n) is 8.75. The van der Waals surface area contributed by atoms with Crippen LogP contribution in [0.4, 0.5) is 0 Å². The monoisotopic (exact) mass is 278 g/mol. The molecule has 0 aromatic carbocycles. The van der Waals surface area contributed by atoms with Crippen LogP contribution in [0.25, 0.3) is 0 Å². The van der Waals surface area contributed by atoms with Crippen LogP contribution in [-0.4, -0.2) is 36.5 Å². The Balaban J connectivity index is 1.50. The highest BCUT2D eigenvalue weighted by molar-refractivity contribution is 5.82. The number of carbonyl (C=O) groups excluding carboxylic acids is 1. The van der Waals surface area contributed by atoms with Gasteiger partial charge in [0.1, 0.15) is 0 Å². The molecule has 2 aliphatic carbocycles. The Hall–Kier alpha value is -0.570. The highest BCUT2D eigenvalue weighted by Gasteiger charge is 2.39. The molecule has 3 aliphatic rings. The first-order chi connectivity index (χ1) is 9.74. The Bertz CT molecular complexity index is 324. The zero-order chi connectivity index (χ0) is 13.9. The number of rotatable bonds is 3. The Kier molecular flexibility index (Phi) is 4.65. The van der Waals surface area contributed by atoms with E-state index < -0.39 is 0 Å². The molecule has 114 valence electrons. The molecule has 0 bridgehead atoms. The van der Waals surface area contributed by atoms with Crippen molar-refractivity contribution in [3.8, 4) is 0 Å². The van der Waals surface area contributed by atoms with E-state index in [1.54, 1.807) is 0 Å². The van der Waals surface area contributed by atoms with Crippen molar-refractivity contribution in [2.45, 2.75) is 76.3 Å². The molecule has 0 radical (unpaired) electrons. The maximum Gasteiger partial charge on any atom is 0.239 e. The minimum atomic E-state index is 0.108. The van der Waals surface area contributed by atoms with Gasteiger partial charge in [0.25, 0.3) is 0 Å². The van der Waals surface area contributed by atoms with Gasteiger partial charge >= 0.3 is 0 Å². The molecule has 0 aromatic rings. The Morgan fingerprint density at radius 1 is 1.05 bits per heavy atom. The third-order valence-electron chi connectivity index (χ3n) is 5.79. The molecule has 3 atom stereocenters. The van der Waals surface area contributed by atoms with Crippen molar-refractivity contribution in [3.05, 3.63) is 0 Å². The van der Waals surface area contributed by atoms with E-state index in [0.717, 1.165) is 24.8 Å². The molecule has 3 fully saturated rings. The zero-order valence-electron chi connectivity index (χ0n) is 12.9. The minimum absolute atomic E-state index is 0.108. The van der Waals surface area contributed by atoms with Crippen molar-refractivity contribution in [3.63, 3.8) is 0 Å². The van der Waals surface area contributed by atoms with Crippen LogP contribution in [0.1, 0.15) is 64.2 Å². The highest BCUT2D eigenvalue weighted by atomic mass is 16.2. The lowest BCUT2D eigenvalue weighted by molar-refractivity contribution is -0.132. The van der Waals surface area contributed by atoms with Crippen molar-refractivity contribution in [1.29, 1.82) is 0 Å². The standard InChI is InChI=1S/C17H30N2O/c1-19(12-13-7-3-2-4-8-13)17(20)16-11-14-9-5-6-10-15(14)18-16/h13-16,18H,2-12H2,1H3. The molecule has 1 aliphatic heterocycles. The number of hydrogen-bond donors (Lipinski definition) is 1. The minimum Gasteiger partial charge on any atom is -0.344 e. The molecule has 3 rings (SSSR count). The molecule has 3 nitrogen and oxygen atoms in total. The summed E-state index contributed by atoms with van der Waals surface area (Å²) < 4.78 is 0. The van der Waals surface area contributed by atoms with Crippen molar-refractivity contribution in [2.75, 3.05) is 13.6 Å². The third kappa shape index (κ3) is 3.19. The van der Waals surface area contributed by atoms with Gasteiger partial charge in [-0.2, -0.15) is 0 Å². The quantitative estimate of drug-likeness (QED) is 0.861. The first kappa shape index (κ1) is 14.4. The number of nitrogens with one attached hydrogen (secondary N) is 1. The van der Waals surface area contributed by atoms with Gasteiger partial charge in [-0.05, 0) is 43.9 Å². The fraction of sp³-hybridized carbons (Fsp3) is 0.941. The van der Waals surface area contributed by atoms with Gasteiger partial charge in [-0.25, -0.2) is 0 Å². The average Bonchev–Trinajstić information content (AvgIpc) is 2.91. The number of hydrogen-bond acceptors (Lipinski definition) is 2. The number of carbonyl (C=O) groups is 1. The molecule has 1 amide bonds. The predicted octanol–water partition coefficient (Wildman–Crippen LogP) is 2.95. The summed E-state index contributed by atoms with van der Waals surface area (Å²) in [5.74, 6) is 1.87. The largest absolute Gasteiger partial charge is 0.344 e. The fourth-order valence-electron chi connectivity index (χ4n) is 4.62. The summed E-state index contributed by atoms with van der Waals surface area (Å²) in [5.41, 5.74) is 0. The molecule has 3 heteroatoms. The maximum atomic E-state index is 12.6. The summed E-state index contributed by atoms with van der Waals surface area (Å²) in [6.07, 6.45) is 13.1. The van der Waals surface area contributed by atoms with Crippen molar-refractivity contribution in [1.82, 2.24) is 10.2 Å². The molecule has 0 aromatic heterocycles. The van der Waals surface area contributed by atoms with Gasteiger partial charge in [-0.3, -0.25) is 4.79 Å². The van der Waals surface area contributed by atoms with E-state index in [2.05, 4.69) is 5.32 Å². The Morgan fingerprint density at radius 2 is 1.75 bits per heavy atom. The summed E-state index contributed by atoms with van der Waals surface area (Å²) in [4.78, 5) is 14.6. The van der Waals surface area contributed by atoms with Gasteiger partial charge < -0.3 is 10.2 Å². The van der Waals surface area contributed by atoms with E-state index >= 15 is 0 Å². The van der Waals surface area contributed by atoms with E-state index in [1.165, 1.54) is 57.8 Å². The van der Waals surface area contributed by atoms with Gasteiger partial charge in [0, 0.05) is 19.6 Å². The number of nitrogens with zero attached hydrogens (tertiary/aromatic N) is 1. The molecule has 0 spiro atoms. The number of likely N-dealkylation sites (N-methyl/N-ethyl adjacent to an activating group) is 1. The van der Waals surface area contributed by atoms with Crippen LogP contribution in [0.2, 0.25) is 0 Å². The second-order valence-electron chi connectivity index (χ2n) is 7.33. The highest BCUT2D eigenvalue weighted by Crippen LogP contribution is 2.34. The van der Waals surface area contributed by atoms with Crippen LogP contribution in [0.5, 0.6) is 0 Å². The molecular weight excluding hydrogens is 248 g/mol. The molecule has 3 unspecified atom stereocenters. The van der Waals surface area contributed by atoms with Gasteiger partial charge in [0.05, 0.1) is 6.04 Å². The second-order valence-corrected chi connectivity index (χ2v) is 7.33. The van der Waals surface area contributed by atoms with Crippen LogP contribution >= 0.6 is 0 Å². The number of amides is 1. The SMILES string of the molecule is CN(CC1CCCCC1)C(=O)C1CC2CCCCC2N1. The van der Waals surface area contributed by atoms with Gasteiger partial charge in [-0.1, -0.05) is 32.1 Å². The van der Waals surface area contributed by atoms with E-state index in [9.17, 15) is 4.79 Å². The topological polar surface area (TPSA) is 32.3 Å². The molecule has 1 N–H and O–H groups in total. The van der Waals surface area contributed by atoms with Crippen molar-refractivity contribution in [2.24, 2.45) is 11.8 Å². The van der Waals surface area contributed by atoms with Gasteiger partial charge in [0.2, 0.25) is 5.91 Å². The predicted molar refractivity (Wildman–Crippen MR) is 81.5 cm³/mol. The van der Waals surface area contributed by atoms with E-state index in [1.807, 2.05) is 11.9 Å². The van der Waals surface area contributed by atoms with Crippen molar-refractivity contribution >= 4 is 5.91 Å². The summed E-state index contributed by atoms with van der Waals surface area (Å²) >= 11 is 0. The second kappa shape index (κ2) is 6.46. The fourth-order valence-corrected chi connectivity index (χ4v) is 4.62. The Labute approximate surface area is 123 Å². The van der Waals surface area contributed by atoms with Gasteiger partial charge in [-0.15, -0.1) is 0 Å². The van der Waals surface area contributed by atoms with Crippen LogP contribution < -0.4 is 5.32 Å². The summed E-state index contributed by atoms with van der Waals surface area (Å²) in [6.45, 7) is 0.979. The molecular formula is C17H30N2O. The molecule has 2 saturated carbocycles. The first-order valence-corrected chi connectivity index (χ1v) is 8.75. The van der Waals surface area contributed by atoms with Crippen molar-refractivity contribution < 1.29 is 4.79 Å². The maximum absolute atomic E-state index is 12.6. The van der Waals surface area contributed by atoms with Crippen LogP contribution in [0.15, 0.2) is 0 Å².